The van der Waals surface area contributed by atoms with E-state index in [2.05, 4.69) is 35.9 Å². The van der Waals surface area contributed by atoms with Crippen LogP contribution in [-0.2, 0) is 0 Å². The summed E-state index contributed by atoms with van der Waals surface area (Å²) in [5, 5.41) is 1.61. The second-order valence-electron chi connectivity index (χ2n) is 6.33. The fraction of sp³-hybridized carbons (Fsp3) is 0.238. The molecule has 5 heteroatoms. The molecular weight excluding hydrogens is 344 g/mol. The molecule has 0 atom stereocenters. The van der Waals surface area contributed by atoms with Gasteiger partial charge in [0.05, 0.1) is 15.8 Å². The van der Waals surface area contributed by atoms with Crippen LogP contribution < -0.4 is 10.5 Å². The summed E-state index contributed by atoms with van der Waals surface area (Å²) in [4.78, 5) is 19.4. The van der Waals surface area contributed by atoms with Gasteiger partial charge in [0.2, 0.25) is 0 Å². The minimum Gasteiger partial charge on any atom is -0.422 e. The number of hydrogen-bond donors (Lipinski definition) is 0. The molecule has 0 N–H and O–H groups in total. The lowest BCUT2D eigenvalue weighted by Crippen LogP contribution is -2.21. The maximum atomic E-state index is 12.6. The number of fused-ring (bicyclic) bond motifs is 2. The lowest BCUT2D eigenvalue weighted by atomic mass is 10.1. The van der Waals surface area contributed by atoms with Crippen molar-refractivity contribution < 1.29 is 4.42 Å². The van der Waals surface area contributed by atoms with Crippen molar-refractivity contribution in [3.63, 3.8) is 0 Å². The van der Waals surface area contributed by atoms with Gasteiger partial charge in [-0.2, -0.15) is 0 Å². The molecule has 2 heterocycles. The Morgan fingerprint density at radius 2 is 1.88 bits per heavy atom. The van der Waals surface area contributed by atoms with E-state index in [1.165, 1.54) is 11.3 Å². The number of rotatable bonds is 4. The molecule has 0 bridgehead atoms. The van der Waals surface area contributed by atoms with E-state index in [1.54, 1.807) is 0 Å². The molecule has 2 aromatic carbocycles. The summed E-state index contributed by atoms with van der Waals surface area (Å²) in [7, 11) is 0. The van der Waals surface area contributed by atoms with Gasteiger partial charge in [-0.25, -0.2) is 9.78 Å². The van der Waals surface area contributed by atoms with Crippen LogP contribution in [-0.4, -0.2) is 18.1 Å². The van der Waals surface area contributed by atoms with Crippen LogP contribution in [0.3, 0.4) is 0 Å². The number of thiazole rings is 1. The summed E-state index contributed by atoms with van der Waals surface area (Å²) >= 11 is 1.52. The average molecular weight is 364 g/mol. The van der Waals surface area contributed by atoms with Crippen LogP contribution in [0.5, 0.6) is 0 Å². The Bertz CT molecular complexity index is 1160. The molecule has 0 aliphatic heterocycles. The largest absolute Gasteiger partial charge is 0.422 e. The van der Waals surface area contributed by atoms with Gasteiger partial charge in [0.25, 0.3) is 0 Å². The Morgan fingerprint density at radius 1 is 1.08 bits per heavy atom. The zero-order chi connectivity index (χ0) is 18.3. The highest BCUT2D eigenvalue weighted by Gasteiger charge is 2.14. The van der Waals surface area contributed by atoms with Crippen molar-refractivity contribution >= 4 is 38.2 Å². The lowest BCUT2D eigenvalue weighted by Gasteiger charge is -2.20. The van der Waals surface area contributed by atoms with Crippen LogP contribution >= 0.6 is 11.3 Å². The molecule has 0 saturated heterocycles. The number of aromatic nitrogens is 1. The summed E-state index contributed by atoms with van der Waals surface area (Å²) in [5.74, 6) is 0. The third-order valence-corrected chi connectivity index (χ3v) is 5.69. The topological polar surface area (TPSA) is 46.3 Å². The van der Waals surface area contributed by atoms with E-state index >= 15 is 0 Å². The van der Waals surface area contributed by atoms with Gasteiger partial charge in [0.1, 0.15) is 10.6 Å². The Hall–Kier alpha value is -2.66. The number of benzene rings is 2. The molecule has 0 aliphatic carbocycles. The SMILES string of the molecule is CCN(CC)c1ccc2cc(-c3nc4cc(C)ccc4s3)c(=O)oc2c1. The lowest BCUT2D eigenvalue weighted by molar-refractivity contribution is 0.563. The molecule has 0 saturated carbocycles. The van der Waals surface area contributed by atoms with Crippen molar-refractivity contribution in [1.82, 2.24) is 4.98 Å². The summed E-state index contributed by atoms with van der Waals surface area (Å²) < 4.78 is 6.70. The Morgan fingerprint density at radius 3 is 2.65 bits per heavy atom. The van der Waals surface area contributed by atoms with Crippen molar-refractivity contribution in [2.24, 2.45) is 0 Å². The fourth-order valence-corrected chi connectivity index (χ4v) is 4.14. The first-order valence-electron chi connectivity index (χ1n) is 8.79. The van der Waals surface area contributed by atoms with Gasteiger partial charge in [0.15, 0.2) is 0 Å². The molecule has 0 unspecified atom stereocenters. The summed E-state index contributed by atoms with van der Waals surface area (Å²) in [6, 6.07) is 14.0. The van der Waals surface area contributed by atoms with Gasteiger partial charge < -0.3 is 9.32 Å². The summed E-state index contributed by atoms with van der Waals surface area (Å²) in [6.07, 6.45) is 0. The molecule has 0 radical (unpaired) electrons. The van der Waals surface area contributed by atoms with Crippen LogP contribution in [0.4, 0.5) is 5.69 Å². The van der Waals surface area contributed by atoms with Crippen molar-refractivity contribution in [1.29, 1.82) is 0 Å². The highest BCUT2D eigenvalue weighted by molar-refractivity contribution is 7.21. The fourth-order valence-electron chi connectivity index (χ4n) is 3.19. The minimum atomic E-state index is -0.343. The maximum absolute atomic E-state index is 12.6. The van der Waals surface area contributed by atoms with Crippen LogP contribution in [0.25, 0.3) is 31.8 Å². The second-order valence-corrected chi connectivity index (χ2v) is 7.36. The zero-order valence-corrected chi connectivity index (χ0v) is 15.9. The van der Waals surface area contributed by atoms with Crippen LogP contribution in [0.2, 0.25) is 0 Å². The van der Waals surface area contributed by atoms with Gasteiger partial charge in [-0.1, -0.05) is 6.07 Å². The van der Waals surface area contributed by atoms with Crippen molar-refractivity contribution in [3.05, 3.63) is 58.4 Å². The average Bonchev–Trinajstić information content (AvgIpc) is 3.05. The number of aryl methyl sites for hydroxylation is 1. The predicted octanol–water partition coefficient (Wildman–Crippen LogP) is 5.22. The first-order chi connectivity index (χ1) is 12.6. The summed E-state index contributed by atoms with van der Waals surface area (Å²) in [5.41, 5.74) is 3.93. The summed E-state index contributed by atoms with van der Waals surface area (Å²) in [6.45, 7) is 8.09. The molecular formula is C21H20N2O2S. The Balaban J connectivity index is 1.84. The van der Waals surface area contributed by atoms with E-state index in [0.29, 0.717) is 16.2 Å². The van der Waals surface area contributed by atoms with Gasteiger partial charge in [-0.3, -0.25) is 0 Å². The van der Waals surface area contributed by atoms with Gasteiger partial charge in [-0.05, 0) is 56.7 Å². The number of nitrogens with zero attached hydrogens (tertiary/aromatic N) is 2. The maximum Gasteiger partial charge on any atom is 0.346 e. The zero-order valence-electron chi connectivity index (χ0n) is 15.1. The molecule has 0 aliphatic rings. The Labute approximate surface area is 155 Å². The molecule has 4 nitrogen and oxygen atoms in total. The Kier molecular flexibility index (Phi) is 4.24. The molecule has 4 rings (SSSR count). The van der Waals surface area contributed by atoms with E-state index < -0.39 is 0 Å². The molecule has 0 fully saturated rings. The predicted molar refractivity (Wildman–Crippen MR) is 109 cm³/mol. The molecule has 132 valence electrons. The van der Waals surface area contributed by atoms with Crippen molar-refractivity contribution in [2.75, 3.05) is 18.0 Å². The highest BCUT2D eigenvalue weighted by atomic mass is 32.1. The van der Waals surface area contributed by atoms with E-state index in [0.717, 1.165) is 39.9 Å². The molecule has 4 aromatic rings. The highest BCUT2D eigenvalue weighted by Crippen LogP contribution is 2.31. The number of anilines is 1. The van der Waals surface area contributed by atoms with Crippen LogP contribution in [0.1, 0.15) is 19.4 Å². The van der Waals surface area contributed by atoms with E-state index in [4.69, 9.17) is 4.42 Å². The molecule has 26 heavy (non-hydrogen) atoms. The smallest absolute Gasteiger partial charge is 0.346 e. The molecule has 0 amide bonds. The van der Waals surface area contributed by atoms with Crippen molar-refractivity contribution in [3.8, 4) is 10.6 Å². The third kappa shape index (κ3) is 2.88. The van der Waals surface area contributed by atoms with E-state index in [9.17, 15) is 4.79 Å². The van der Waals surface area contributed by atoms with Crippen molar-refractivity contribution in [2.45, 2.75) is 20.8 Å². The van der Waals surface area contributed by atoms with Crippen LogP contribution in [0.15, 0.2) is 51.7 Å². The monoisotopic (exact) mass is 364 g/mol. The van der Waals surface area contributed by atoms with Crippen LogP contribution in [0, 0.1) is 6.92 Å². The minimum absolute atomic E-state index is 0.343. The first-order valence-corrected chi connectivity index (χ1v) is 9.61. The normalized spacial score (nSPS) is 11.3. The first kappa shape index (κ1) is 16.8. The molecule has 0 spiro atoms. The van der Waals surface area contributed by atoms with Gasteiger partial charge >= 0.3 is 5.63 Å². The van der Waals surface area contributed by atoms with E-state index in [-0.39, 0.29) is 5.63 Å². The number of hydrogen-bond acceptors (Lipinski definition) is 5. The quantitative estimate of drug-likeness (QED) is 0.466. The second kappa shape index (κ2) is 6.57. The standard InChI is InChI=1S/C21H20N2O2S/c1-4-23(5-2)15-8-7-14-11-16(21(24)25-18(14)12-15)20-22-17-10-13(3)6-9-19(17)26-20/h6-12H,4-5H2,1-3H3. The third-order valence-electron chi connectivity index (χ3n) is 4.62. The van der Waals surface area contributed by atoms with E-state index in [1.807, 2.05) is 37.3 Å². The van der Waals surface area contributed by atoms with Gasteiger partial charge in [0, 0.05) is 30.2 Å². The molecule has 2 aromatic heterocycles. The van der Waals surface area contributed by atoms with Gasteiger partial charge in [-0.15, -0.1) is 11.3 Å².